The highest BCUT2D eigenvalue weighted by Crippen LogP contribution is 2.22. The fourth-order valence-electron chi connectivity index (χ4n) is 2.83. The largest absolute Gasteiger partial charge is 0.399 e. The van der Waals surface area contributed by atoms with Crippen molar-refractivity contribution >= 4 is 5.69 Å². The summed E-state index contributed by atoms with van der Waals surface area (Å²) in [5.74, 6) is 0.706. The second-order valence-corrected chi connectivity index (χ2v) is 5.42. The first-order valence-electron chi connectivity index (χ1n) is 7.46. The molecule has 1 aromatic rings. The van der Waals surface area contributed by atoms with E-state index < -0.39 is 0 Å². The third-order valence-electron chi connectivity index (χ3n) is 3.93. The van der Waals surface area contributed by atoms with Crippen molar-refractivity contribution in [2.45, 2.75) is 38.7 Å². The molecule has 0 aliphatic carbocycles. The highest BCUT2D eigenvalue weighted by Gasteiger charge is 2.25. The van der Waals surface area contributed by atoms with Gasteiger partial charge < -0.3 is 15.8 Å². The van der Waals surface area contributed by atoms with E-state index in [-0.39, 0.29) is 0 Å². The molecular weight excluding hydrogens is 236 g/mol. The van der Waals surface area contributed by atoms with Crippen LogP contribution in [0.2, 0.25) is 0 Å². The van der Waals surface area contributed by atoms with E-state index in [1.54, 1.807) is 0 Å². The third-order valence-corrected chi connectivity index (χ3v) is 3.93. The Kier molecular flexibility index (Phi) is 5.67. The maximum absolute atomic E-state index is 5.77. The van der Waals surface area contributed by atoms with Crippen molar-refractivity contribution in [1.82, 2.24) is 5.32 Å². The van der Waals surface area contributed by atoms with Gasteiger partial charge in [-0.1, -0.05) is 19.1 Å². The molecule has 19 heavy (non-hydrogen) atoms. The summed E-state index contributed by atoms with van der Waals surface area (Å²) in [5.41, 5.74) is 7.96. The number of rotatable bonds is 7. The first kappa shape index (κ1) is 14.4. The molecular formula is C16H26N2O. The lowest BCUT2D eigenvalue weighted by Crippen LogP contribution is -2.29. The quantitative estimate of drug-likeness (QED) is 0.586. The number of nitrogens with two attached hydrogens (primary N) is 1. The summed E-state index contributed by atoms with van der Waals surface area (Å²) in [6, 6.07) is 8.18. The monoisotopic (exact) mass is 262 g/mol. The average Bonchev–Trinajstić information content (AvgIpc) is 2.86. The molecule has 0 spiro atoms. The zero-order chi connectivity index (χ0) is 13.5. The zero-order valence-electron chi connectivity index (χ0n) is 11.9. The molecule has 1 aliphatic rings. The van der Waals surface area contributed by atoms with Gasteiger partial charge in [0.15, 0.2) is 0 Å². The molecule has 3 nitrogen and oxygen atoms in total. The summed E-state index contributed by atoms with van der Waals surface area (Å²) in [6.07, 6.45) is 5.07. The van der Waals surface area contributed by atoms with Crippen LogP contribution in [-0.4, -0.2) is 25.8 Å². The molecule has 0 radical (unpaired) electrons. The Morgan fingerprint density at radius 1 is 1.42 bits per heavy atom. The van der Waals surface area contributed by atoms with Crippen molar-refractivity contribution in [1.29, 1.82) is 0 Å². The number of nitrogen functional groups attached to an aromatic ring is 1. The van der Waals surface area contributed by atoms with Crippen LogP contribution in [-0.2, 0) is 11.2 Å². The maximum atomic E-state index is 5.77. The Morgan fingerprint density at radius 2 is 2.32 bits per heavy atom. The number of nitrogens with one attached hydrogen (secondary N) is 1. The molecule has 0 aromatic heterocycles. The first-order valence-corrected chi connectivity index (χ1v) is 7.46. The van der Waals surface area contributed by atoms with Crippen LogP contribution in [0, 0.1) is 5.92 Å². The predicted octanol–water partition coefficient (Wildman–Crippen LogP) is 2.61. The minimum atomic E-state index is 0.474. The lowest BCUT2D eigenvalue weighted by Gasteiger charge is -2.17. The third kappa shape index (κ3) is 4.51. The Bertz CT molecular complexity index is 381. The lowest BCUT2D eigenvalue weighted by atomic mass is 9.99. The minimum Gasteiger partial charge on any atom is -0.399 e. The fourth-order valence-corrected chi connectivity index (χ4v) is 2.83. The van der Waals surface area contributed by atoms with Gasteiger partial charge in [-0.3, -0.25) is 0 Å². The molecule has 2 atom stereocenters. The van der Waals surface area contributed by atoms with Crippen LogP contribution in [0.25, 0.3) is 0 Å². The molecule has 2 unspecified atom stereocenters. The van der Waals surface area contributed by atoms with Gasteiger partial charge in [-0.2, -0.15) is 0 Å². The summed E-state index contributed by atoms with van der Waals surface area (Å²) in [7, 11) is 0. The smallest absolute Gasteiger partial charge is 0.0613 e. The molecule has 1 aromatic carbocycles. The van der Waals surface area contributed by atoms with Gasteiger partial charge in [0, 0.05) is 18.8 Å². The van der Waals surface area contributed by atoms with Gasteiger partial charge in [0.2, 0.25) is 0 Å². The van der Waals surface area contributed by atoms with Crippen LogP contribution in [0.5, 0.6) is 0 Å². The van der Waals surface area contributed by atoms with Crippen molar-refractivity contribution < 1.29 is 4.74 Å². The number of ether oxygens (including phenoxy) is 1. The molecule has 3 N–H and O–H groups in total. The van der Waals surface area contributed by atoms with E-state index >= 15 is 0 Å². The topological polar surface area (TPSA) is 47.3 Å². The summed E-state index contributed by atoms with van der Waals surface area (Å²) in [6.45, 7) is 5.31. The predicted molar refractivity (Wildman–Crippen MR) is 80.2 cm³/mol. The maximum Gasteiger partial charge on any atom is 0.0613 e. The van der Waals surface area contributed by atoms with Crippen molar-refractivity contribution in [3.8, 4) is 0 Å². The van der Waals surface area contributed by atoms with Crippen molar-refractivity contribution in [3.63, 3.8) is 0 Å². The molecule has 0 bridgehead atoms. The highest BCUT2D eigenvalue weighted by molar-refractivity contribution is 5.40. The number of benzene rings is 1. The van der Waals surface area contributed by atoms with Crippen molar-refractivity contribution in [2.24, 2.45) is 5.92 Å². The average molecular weight is 262 g/mol. The van der Waals surface area contributed by atoms with E-state index in [2.05, 4.69) is 24.4 Å². The van der Waals surface area contributed by atoms with Crippen LogP contribution in [0.1, 0.15) is 31.7 Å². The van der Waals surface area contributed by atoms with Crippen LogP contribution < -0.4 is 11.1 Å². The van der Waals surface area contributed by atoms with Crippen LogP contribution in [0.15, 0.2) is 24.3 Å². The lowest BCUT2D eigenvalue weighted by molar-refractivity contribution is 0.0873. The van der Waals surface area contributed by atoms with E-state index in [1.807, 2.05) is 12.1 Å². The SMILES string of the molecule is CCC1OCCC1CNCCCc1cccc(N)c1. The van der Waals surface area contributed by atoms with Gasteiger partial charge in [-0.05, 0) is 55.8 Å². The van der Waals surface area contributed by atoms with Gasteiger partial charge in [0.1, 0.15) is 0 Å². The highest BCUT2D eigenvalue weighted by atomic mass is 16.5. The Morgan fingerprint density at radius 3 is 3.11 bits per heavy atom. The molecule has 1 saturated heterocycles. The Balaban J connectivity index is 1.59. The summed E-state index contributed by atoms with van der Waals surface area (Å²) < 4.78 is 5.70. The molecule has 0 saturated carbocycles. The van der Waals surface area contributed by atoms with Gasteiger partial charge >= 0.3 is 0 Å². The van der Waals surface area contributed by atoms with Crippen LogP contribution in [0.3, 0.4) is 0 Å². The van der Waals surface area contributed by atoms with Gasteiger partial charge in [0.05, 0.1) is 6.10 Å². The fraction of sp³-hybridized carbons (Fsp3) is 0.625. The zero-order valence-corrected chi connectivity index (χ0v) is 11.9. The van der Waals surface area contributed by atoms with E-state index in [0.29, 0.717) is 12.0 Å². The van der Waals surface area contributed by atoms with Crippen molar-refractivity contribution in [2.75, 3.05) is 25.4 Å². The molecule has 2 rings (SSSR count). The summed E-state index contributed by atoms with van der Waals surface area (Å²) >= 11 is 0. The second kappa shape index (κ2) is 7.51. The molecule has 1 fully saturated rings. The van der Waals surface area contributed by atoms with E-state index in [1.165, 1.54) is 12.0 Å². The summed E-state index contributed by atoms with van der Waals surface area (Å²) in [4.78, 5) is 0. The molecule has 106 valence electrons. The second-order valence-electron chi connectivity index (χ2n) is 5.42. The molecule has 1 heterocycles. The van der Waals surface area contributed by atoms with Crippen LogP contribution in [0.4, 0.5) is 5.69 Å². The van der Waals surface area contributed by atoms with Crippen molar-refractivity contribution in [3.05, 3.63) is 29.8 Å². The molecule has 1 aliphatic heterocycles. The van der Waals surface area contributed by atoms with E-state index in [9.17, 15) is 0 Å². The van der Waals surface area contributed by atoms with E-state index in [4.69, 9.17) is 10.5 Å². The Hall–Kier alpha value is -1.06. The standard InChI is InChI=1S/C16H26N2O/c1-2-16-14(8-10-19-16)12-18-9-4-6-13-5-3-7-15(17)11-13/h3,5,7,11,14,16,18H,2,4,6,8-10,12,17H2,1H3. The molecule has 0 amide bonds. The molecule has 3 heteroatoms. The number of hydrogen-bond acceptors (Lipinski definition) is 3. The van der Waals surface area contributed by atoms with Gasteiger partial charge in [-0.25, -0.2) is 0 Å². The number of aryl methyl sites for hydroxylation is 1. The van der Waals surface area contributed by atoms with Crippen LogP contribution >= 0.6 is 0 Å². The minimum absolute atomic E-state index is 0.474. The normalized spacial score (nSPS) is 22.8. The first-order chi connectivity index (χ1) is 9.29. The summed E-state index contributed by atoms with van der Waals surface area (Å²) in [5, 5.41) is 3.57. The van der Waals surface area contributed by atoms with E-state index in [0.717, 1.165) is 44.6 Å². The Labute approximate surface area is 116 Å². The number of hydrogen-bond donors (Lipinski definition) is 2. The van der Waals surface area contributed by atoms with Gasteiger partial charge in [0.25, 0.3) is 0 Å². The van der Waals surface area contributed by atoms with Gasteiger partial charge in [-0.15, -0.1) is 0 Å². The number of anilines is 1.